The highest BCUT2D eigenvalue weighted by molar-refractivity contribution is 6.32. The number of halogens is 1. The van der Waals surface area contributed by atoms with Gasteiger partial charge in [0.05, 0.1) is 18.7 Å². The number of carbonyl (C=O) groups is 1. The van der Waals surface area contributed by atoms with Gasteiger partial charge >= 0.3 is 5.97 Å². The van der Waals surface area contributed by atoms with E-state index in [0.717, 1.165) is 12.0 Å². The summed E-state index contributed by atoms with van der Waals surface area (Å²) in [5.74, 6) is 0.396. The minimum atomic E-state index is -0.779. The van der Waals surface area contributed by atoms with Crippen LogP contribution in [-0.4, -0.2) is 31.3 Å². The van der Waals surface area contributed by atoms with Gasteiger partial charge in [0.15, 0.2) is 11.5 Å². The maximum Gasteiger partial charge on any atom is 0.303 e. The Kier molecular flexibility index (Phi) is 7.93. The molecular weight excluding hydrogens is 294 g/mol. The summed E-state index contributed by atoms with van der Waals surface area (Å²) in [5.41, 5.74) is 0.969. The first-order chi connectivity index (χ1) is 10.1. The highest BCUT2D eigenvalue weighted by Gasteiger charge is 2.11. The Bertz CT molecular complexity index is 465. The maximum absolute atomic E-state index is 10.4. The second kappa shape index (κ2) is 9.47. The number of ether oxygens (including phenoxy) is 2. The van der Waals surface area contributed by atoms with Crippen molar-refractivity contribution < 1.29 is 19.4 Å². The minimum Gasteiger partial charge on any atom is -0.493 e. The van der Waals surface area contributed by atoms with E-state index in [-0.39, 0.29) is 6.42 Å². The molecule has 1 aromatic rings. The Labute approximate surface area is 130 Å². The second-order valence-corrected chi connectivity index (χ2v) is 5.04. The van der Waals surface area contributed by atoms with Gasteiger partial charge in [0.2, 0.25) is 0 Å². The molecular formula is C15H22ClNO4. The molecule has 1 aromatic carbocycles. The molecule has 0 aliphatic heterocycles. The molecule has 0 aliphatic rings. The molecule has 2 N–H and O–H groups in total. The van der Waals surface area contributed by atoms with E-state index in [9.17, 15) is 4.79 Å². The first-order valence-corrected chi connectivity index (χ1v) is 7.38. The Balaban J connectivity index is 2.59. The van der Waals surface area contributed by atoms with Crippen molar-refractivity contribution >= 4 is 17.6 Å². The number of carboxylic acids is 1. The van der Waals surface area contributed by atoms with Gasteiger partial charge in [-0.3, -0.25) is 4.79 Å². The van der Waals surface area contributed by atoms with Gasteiger partial charge in [0.25, 0.3) is 0 Å². The van der Waals surface area contributed by atoms with E-state index in [1.165, 1.54) is 0 Å². The van der Waals surface area contributed by atoms with Crippen LogP contribution in [0.4, 0.5) is 0 Å². The predicted octanol–water partition coefficient (Wildman–Crippen LogP) is 3.09. The fraction of sp³-hybridized carbons (Fsp3) is 0.533. The maximum atomic E-state index is 10.4. The van der Waals surface area contributed by atoms with Gasteiger partial charge in [0, 0.05) is 13.0 Å². The van der Waals surface area contributed by atoms with E-state index in [1.54, 1.807) is 7.11 Å². The van der Waals surface area contributed by atoms with Gasteiger partial charge in [-0.2, -0.15) is 0 Å². The molecule has 0 atom stereocenters. The summed E-state index contributed by atoms with van der Waals surface area (Å²) in [5, 5.41) is 12.3. The van der Waals surface area contributed by atoms with E-state index in [2.05, 4.69) is 5.32 Å². The molecule has 0 aromatic heterocycles. The van der Waals surface area contributed by atoms with Crippen molar-refractivity contribution in [2.75, 3.05) is 20.3 Å². The average molecular weight is 316 g/mol. The van der Waals surface area contributed by atoms with Crippen molar-refractivity contribution in [3.05, 3.63) is 22.7 Å². The lowest BCUT2D eigenvalue weighted by Gasteiger charge is -2.14. The molecule has 1 rings (SSSR count). The number of benzene rings is 1. The van der Waals surface area contributed by atoms with E-state index < -0.39 is 5.97 Å². The Morgan fingerprint density at radius 2 is 2.19 bits per heavy atom. The summed E-state index contributed by atoms with van der Waals surface area (Å²) in [6.07, 6.45) is 1.66. The summed E-state index contributed by atoms with van der Waals surface area (Å²) in [7, 11) is 1.58. The zero-order valence-electron chi connectivity index (χ0n) is 12.4. The molecule has 6 heteroatoms. The number of aliphatic carboxylic acids is 1. The van der Waals surface area contributed by atoms with Gasteiger partial charge in [-0.05, 0) is 37.1 Å². The summed E-state index contributed by atoms with van der Waals surface area (Å²) in [4.78, 5) is 10.4. The fourth-order valence-electron chi connectivity index (χ4n) is 1.82. The molecule has 0 aliphatic carbocycles. The van der Waals surface area contributed by atoms with E-state index in [4.69, 9.17) is 26.2 Å². The summed E-state index contributed by atoms with van der Waals surface area (Å²) in [6, 6.07) is 3.71. The summed E-state index contributed by atoms with van der Waals surface area (Å²) >= 11 is 6.22. The van der Waals surface area contributed by atoms with Crippen LogP contribution >= 0.6 is 11.6 Å². The predicted molar refractivity (Wildman–Crippen MR) is 82.4 cm³/mol. The van der Waals surface area contributed by atoms with Crippen LogP contribution in [0.3, 0.4) is 0 Å². The molecule has 0 saturated heterocycles. The molecule has 0 spiro atoms. The topological polar surface area (TPSA) is 67.8 Å². The van der Waals surface area contributed by atoms with Crippen molar-refractivity contribution in [1.29, 1.82) is 0 Å². The highest BCUT2D eigenvalue weighted by Crippen LogP contribution is 2.36. The van der Waals surface area contributed by atoms with Crippen LogP contribution < -0.4 is 14.8 Å². The third-order valence-corrected chi connectivity index (χ3v) is 3.09. The van der Waals surface area contributed by atoms with Gasteiger partial charge < -0.3 is 19.9 Å². The normalized spacial score (nSPS) is 10.4. The number of hydrogen-bond acceptors (Lipinski definition) is 4. The standard InChI is InChI=1S/C15H22ClNO4/c1-3-7-21-15-12(16)8-11(9-13(15)20-2)10-17-6-4-5-14(18)19/h8-9,17H,3-7,10H2,1-2H3,(H,18,19). The van der Waals surface area contributed by atoms with Gasteiger partial charge in [-0.25, -0.2) is 0 Å². The van der Waals surface area contributed by atoms with E-state index in [0.29, 0.717) is 42.6 Å². The molecule has 5 nitrogen and oxygen atoms in total. The van der Waals surface area contributed by atoms with Crippen molar-refractivity contribution in [3.8, 4) is 11.5 Å². The molecule has 0 bridgehead atoms. The molecule has 0 saturated carbocycles. The summed E-state index contributed by atoms with van der Waals surface area (Å²) < 4.78 is 10.9. The Hall–Kier alpha value is -1.46. The largest absolute Gasteiger partial charge is 0.493 e. The third-order valence-electron chi connectivity index (χ3n) is 2.81. The zero-order valence-corrected chi connectivity index (χ0v) is 13.2. The lowest BCUT2D eigenvalue weighted by Crippen LogP contribution is -2.16. The molecule has 21 heavy (non-hydrogen) atoms. The van der Waals surface area contributed by atoms with Crippen molar-refractivity contribution in [1.82, 2.24) is 5.32 Å². The number of carboxylic acid groups (broad SMARTS) is 1. The van der Waals surface area contributed by atoms with E-state index in [1.807, 2.05) is 19.1 Å². The third kappa shape index (κ3) is 6.23. The molecule has 0 heterocycles. The van der Waals surface area contributed by atoms with Crippen LogP contribution in [0.1, 0.15) is 31.7 Å². The number of rotatable bonds is 10. The Morgan fingerprint density at radius 3 is 2.81 bits per heavy atom. The van der Waals surface area contributed by atoms with E-state index >= 15 is 0 Å². The van der Waals surface area contributed by atoms with Crippen LogP contribution in [-0.2, 0) is 11.3 Å². The smallest absolute Gasteiger partial charge is 0.303 e. The fourth-order valence-corrected chi connectivity index (χ4v) is 2.10. The second-order valence-electron chi connectivity index (χ2n) is 4.63. The van der Waals surface area contributed by atoms with Crippen molar-refractivity contribution in [2.45, 2.75) is 32.7 Å². The van der Waals surface area contributed by atoms with Gasteiger partial charge in [-0.1, -0.05) is 18.5 Å². The molecule has 0 fully saturated rings. The van der Waals surface area contributed by atoms with Crippen LogP contribution in [0, 0.1) is 0 Å². The quantitative estimate of drug-likeness (QED) is 0.649. The first kappa shape index (κ1) is 17.6. The SMILES string of the molecule is CCCOc1c(Cl)cc(CNCCCC(=O)O)cc1OC. The van der Waals surface area contributed by atoms with Crippen LogP contribution in [0.2, 0.25) is 5.02 Å². The molecule has 0 unspecified atom stereocenters. The first-order valence-electron chi connectivity index (χ1n) is 7.00. The zero-order chi connectivity index (χ0) is 15.7. The number of nitrogens with one attached hydrogen (secondary N) is 1. The van der Waals surface area contributed by atoms with Crippen LogP contribution in [0.15, 0.2) is 12.1 Å². The summed E-state index contributed by atoms with van der Waals surface area (Å²) in [6.45, 7) is 3.85. The van der Waals surface area contributed by atoms with Crippen molar-refractivity contribution in [2.24, 2.45) is 0 Å². The number of hydrogen-bond donors (Lipinski definition) is 2. The number of methoxy groups -OCH3 is 1. The van der Waals surface area contributed by atoms with Crippen LogP contribution in [0.5, 0.6) is 11.5 Å². The Morgan fingerprint density at radius 1 is 1.43 bits per heavy atom. The van der Waals surface area contributed by atoms with Crippen molar-refractivity contribution in [3.63, 3.8) is 0 Å². The van der Waals surface area contributed by atoms with Gasteiger partial charge in [0.1, 0.15) is 0 Å². The molecule has 0 amide bonds. The van der Waals surface area contributed by atoms with Crippen LogP contribution in [0.25, 0.3) is 0 Å². The minimum absolute atomic E-state index is 0.168. The monoisotopic (exact) mass is 315 g/mol. The molecule has 118 valence electrons. The molecule has 0 radical (unpaired) electrons. The lowest BCUT2D eigenvalue weighted by molar-refractivity contribution is -0.137. The lowest BCUT2D eigenvalue weighted by atomic mass is 10.2. The highest BCUT2D eigenvalue weighted by atomic mass is 35.5. The van der Waals surface area contributed by atoms with Gasteiger partial charge in [-0.15, -0.1) is 0 Å². The average Bonchev–Trinajstić information content (AvgIpc) is 2.45.